The van der Waals surface area contributed by atoms with Crippen molar-refractivity contribution >= 4 is 11.4 Å². The summed E-state index contributed by atoms with van der Waals surface area (Å²) in [5.41, 5.74) is 2.27. The number of morpholine rings is 1. The maximum absolute atomic E-state index is 9.02. The predicted molar refractivity (Wildman–Crippen MR) is 81.4 cm³/mol. The van der Waals surface area contributed by atoms with E-state index in [2.05, 4.69) is 22.3 Å². The molecule has 3 rings (SSSR count). The number of nitrogens with zero attached hydrogens (tertiary/aromatic N) is 1. The predicted octanol–water partition coefficient (Wildman–Crippen LogP) is 2.22. The zero-order chi connectivity index (χ0) is 14.5. The molecule has 1 saturated heterocycles. The Hall–Kier alpha value is -1.98. The minimum atomic E-state index is -0.0651. The minimum Gasteiger partial charge on any atom is -0.462 e. The highest BCUT2D eigenvalue weighted by Gasteiger charge is 2.14. The highest BCUT2D eigenvalue weighted by Crippen LogP contribution is 2.26. The molecular weight excluding hydrogens is 268 g/mol. The average molecular weight is 288 g/mol. The van der Waals surface area contributed by atoms with Gasteiger partial charge < -0.3 is 24.5 Å². The van der Waals surface area contributed by atoms with Crippen molar-refractivity contribution in [1.82, 2.24) is 0 Å². The maximum atomic E-state index is 9.02. The highest BCUT2D eigenvalue weighted by atomic mass is 16.5. The quantitative estimate of drug-likeness (QED) is 0.883. The monoisotopic (exact) mass is 288 g/mol. The Labute approximate surface area is 124 Å². The first-order chi connectivity index (χ1) is 10.4. The van der Waals surface area contributed by atoms with Crippen LogP contribution in [0.3, 0.4) is 0 Å². The van der Waals surface area contributed by atoms with Crippen LogP contribution in [-0.2, 0) is 17.9 Å². The van der Waals surface area contributed by atoms with Crippen LogP contribution < -0.4 is 10.2 Å². The molecule has 0 saturated carbocycles. The third kappa shape index (κ3) is 3.37. The van der Waals surface area contributed by atoms with Gasteiger partial charge in [-0.15, -0.1) is 0 Å². The molecule has 2 aromatic rings. The molecule has 1 aromatic heterocycles. The fraction of sp³-hybridized carbons (Fsp3) is 0.375. The van der Waals surface area contributed by atoms with Crippen LogP contribution in [0.5, 0.6) is 0 Å². The molecule has 0 spiro atoms. The molecule has 2 heterocycles. The number of hydrogen-bond donors (Lipinski definition) is 2. The first kappa shape index (κ1) is 14.0. The van der Waals surface area contributed by atoms with Gasteiger partial charge in [0.15, 0.2) is 0 Å². The van der Waals surface area contributed by atoms with Crippen LogP contribution in [0.25, 0.3) is 0 Å². The topological polar surface area (TPSA) is 57.9 Å². The lowest BCUT2D eigenvalue weighted by Gasteiger charge is -2.30. The SMILES string of the molecule is OCc1ccc(CNc2ccccc2N2CCOCC2)o1. The fourth-order valence-electron chi connectivity index (χ4n) is 2.49. The standard InChI is InChI=1S/C16H20N2O3/c19-12-14-6-5-13(21-14)11-17-15-3-1-2-4-16(15)18-7-9-20-10-8-18/h1-6,17,19H,7-12H2. The zero-order valence-electron chi connectivity index (χ0n) is 11.9. The van der Waals surface area contributed by atoms with Crippen molar-refractivity contribution in [1.29, 1.82) is 0 Å². The Bertz CT molecular complexity index is 576. The summed E-state index contributed by atoms with van der Waals surface area (Å²) in [7, 11) is 0. The van der Waals surface area contributed by atoms with E-state index in [0.29, 0.717) is 12.3 Å². The summed E-state index contributed by atoms with van der Waals surface area (Å²) in [6.07, 6.45) is 0. The Morgan fingerprint density at radius 2 is 1.81 bits per heavy atom. The van der Waals surface area contributed by atoms with Crippen molar-refractivity contribution in [3.05, 3.63) is 47.9 Å². The van der Waals surface area contributed by atoms with Gasteiger partial charge in [-0.05, 0) is 24.3 Å². The van der Waals surface area contributed by atoms with E-state index in [4.69, 9.17) is 14.3 Å². The second-order valence-electron chi connectivity index (χ2n) is 5.00. The molecule has 1 aliphatic rings. The van der Waals surface area contributed by atoms with E-state index >= 15 is 0 Å². The first-order valence-electron chi connectivity index (χ1n) is 7.21. The van der Waals surface area contributed by atoms with Gasteiger partial charge in [-0.2, -0.15) is 0 Å². The molecule has 21 heavy (non-hydrogen) atoms. The molecule has 1 aliphatic heterocycles. The molecule has 0 amide bonds. The molecule has 0 radical (unpaired) electrons. The van der Waals surface area contributed by atoms with E-state index in [1.54, 1.807) is 6.07 Å². The molecule has 5 heteroatoms. The number of benzene rings is 1. The molecule has 5 nitrogen and oxygen atoms in total. The lowest BCUT2D eigenvalue weighted by molar-refractivity contribution is 0.123. The summed E-state index contributed by atoms with van der Waals surface area (Å²) in [4.78, 5) is 2.33. The zero-order valence-corrected chi connectivity index (χ0v) is 11.9. The van der Waals surface area contributed by atoms with Gasteiger partial charge in [0, 0.05) is 13.1 Å². The largest absolute Gasteiger partial charge is 0.462 e. The smallest absolute Gasteiger partial charge is 0.129 e. The van der Waals surface area contributed by atoms with Gasteiger partial charge in [-0.25, -0.2) is 0 Å². The lowest BCUT2D eigenvalue weighted by atomic mass is 10.2. The van der Waals surface area contributed by atoms with Crippen molar-refractivity contribution in [2.75, 3.05) is 36.5 Å². The van der Waals surface area contributed by atoms with Gasteiger partial charge in [0.1, 0.15) is 18.1 Å². The molecule has 1 aromatic carbocycles. The summed E-state index contributed by atoms with van der Waals surface area (Å²) >= 11 is 0. The van der Waals surface area contributed by atoms with Crippen LogP contribution in [0.15, 0.2) is 40.8 Å². The average Bonchev–Trinajstić information content (AvgIpc) is 3.02. The minimum absolute atomic E-state index is 0.0651. The number of anilines is 2. The Balaban J connectivity index is 1.69. The number of furan rings is 1. The number of ether oxygens (including phenoxy) is 1. The Kier molecular flexibility index (Phi) is 4.43. The van der Waals surface area contributed by atoms with Gasteiger partial charge in [-0.1, -0.05) is 12.1 Å². The number of nitrogens with one attached hydrogen (secondary N) is 1. The third-order valence-corrected chi connectivity index (χ3v) is 3.58. The normalized spacial score (nSPS) is 15.2. The third-order valence-electron chi connectivity index (χ3n) is 3.58. The summed E-state index contributed by atoms with van der Waals surface area (Å²) in [6.45, 7) is 3.90. The van der Waals surface area contributed by atoms with Crippen LogP contribution in [0.1, 0.15) is 11.5 Å². The molecule has 0 bridgehead atoms. The summed E-state index contributed by atoms with van der Waals surface area (Å²) in [5.74, 6) is 1.41. The van der Waals surface area contributed by atoms with E-state index < -0.39 is 0 Å². The number of rotatable bonds is 5. The van der Waals surface area contributed by atoms with Gasteiger partial charge in [0.25, 0.3) is 0 Å². The number of hydrogen-bond acceptors (Lipinski definition) is 5. The van der Waals surface area contributed by atoms with Crippen molar-refractivity contribution in [2.45, 2.75) is 13.2 Å². The van der Waals surface area contributed by atoms with Gasteiger partial charge >= 0.3 is 0 Å². The molecular formula is C16H20N2O3. The van der Waals surface area contributed by atoms with Crippen LogP contribution in [-0.4, -0.2) is 31.4 Å². The molecule has 2 N–H and O–H groups in total. The Morgan fingerprint density at radius 1 is 1.05 bits per heavy atom. The summed E-state index contributed by atoms with van der Waals surface area (Å²) in [6, 6.07) is 11.9. The number of para-hydroxylation sites is 2. The summed E-state index contributed by atoms with van der Waals surface area (Å²) in [5, 5.41) is 12.4. The van der Waals surface area contributed by atoms with Crippen molar-refractivity contribution in [3.63, 3.8) is 0 Å². The van der Waals surface area contributed by atoms with E-state index in [1.165, 1.54) is 5.69 Å². The van der Waals surface area contributed by atoms with Gasteiger partial charge in [0.2, 0.25) is 0 Å². The molecule has 112 valence electrons. The summed E-state index contributed by atoms with van der Waals surface area (Å²) < 4.78 is 10.9. The number of aliphatic hydroxyl groups excluding tert-OH is 1. The molecule has 0 unspecified atom stereocenters. The van der Waals surface area contributed by atoms with E-state index in [-0.39, 0.29) is 6.61 Å². The molecule has 0 aliphatic carbocycles. The van der Waals surface area contributed by atoms with E-state index in [1.807, 2.05) is 18.2 Å². The van der Waals surface area contributed by atoms with Crippen molar-refractivity contribution in [3.8, 4) is 0 Å². The molecule has 0 atom stereocenters. The van der Waals surface area contributed by atoms with Crippen LogP contribution in [0, 0.1) is 0 Å². The first-order valence-corrected chi connectivity index (χ1v) is 7.21. The fourth-order valence-corrected chi connectivity index (χ4v) is 2.49. The van der Waals surface area contributed by atoms with Crippen molar-refractivity contribution < 1.29 is 14.3 Å². The number of aliphatic hydroxyl groups is 1. The molecule has 1 fully saturated rings. The second kappa shape index (κ2) is 6.65. The Morgan fingerprint density at radius 3 is 2.57 bits per heavy atom. The van der Waals surface area contributed by atoms with Crippen molar-refractivity contribution in [2.24, 2.45) is 0 Å². The van der Waals surface area contributed by atoms with Crippen LogP contribution in [0.2, 0.25) is 0 Å². The maximum Gasteiger partial charge on any atom is 0.129 e. The second-order valence-corrected chi connectivity index (χ2v) is 5.00. The lowest BCUT2D eigenvalue weighted by Crippen LogP contribution is -2.36. The van der Waals surface area contributed by atoms with Crippen LogP contribution in [0.4, 0.5) is 11.4 Å². The van der Waals surface area contributed by atoms with E-state index in [0.717, 1.165) is 37.8 Å². The van der Waals surface area contributed by atoms with Gasteiger partial charge in [0.05, 0.1) is 31.1 Å². The van der Waals surface area contributed by atoms with E-state index in [9.17, 15) is 0 Å². The van der Waals surface area contributed by atoms with Gasteiger partial charge in [-0.3, -0.25) is 0 Å². The highest BCUT2D eigenvalue weighted by molar-refractivity contribution is 5.70. The van der Waals surface area contributed by atoms with Crippen LogP contribution >= 0.6 is 0 Å².